The van der Waals surface area contributed by atoms with Gasteiger partial charge in [0.25, 0.3) is 0 Å². The molecule has 0 atom stereocenters. The largest absolute Gasteiger partial charge is 0.465 e. The van der Waals surface area contributed by atoms with E-state index in [0.717, 1.165) is 0 Å². The summed E-state index contributed by atoms with van der Waals surface area (Å²) in [7, 11) is -3.90. The van der Waals surface area contributed by atoms with Crippen LogP contribution in [-0.2, 0) is 32.7 Å². The van der Waals surface area contributed by atoms with Gasteiger partial charge >= 0.3 is 19.5 Å². The van der Waals surface area contributed by atoms with Crippen molar-refractivity contribution in [2.75, 3.05) is 26.4 Å². The van der Waals surface area contributed by atoms with E-state index in [9.17, 15) is 14.2 Å². The number of aromatic nitrogens is 1. The van der Waals surface area contributed by atoms with Gasteiger partial charge in [-0.25, -0.2) is 0 Å². The maximum Gasteiger partial charge on any atom is 0.363 e. The molecule has 0 fully saturated rings. The zero-order valence-electron chi connectivity index (χ0n) is 16.8. The van der Waals surface area contributed by atoms with Crippen LogP contribution in [0, 0.1) is 0 Å². The maximum absolute atomic E-state index is 13.7. The lowest BCUT2D eigenvalue weighted by Gasteiger charge is -2.21. The van der Waals surface area contributed by atoms with Crippen LogP contribution in [0.25, 0.3) is 10.9 Å². The molecule has 0 aliphatic heterocycles. The number of aromatic amines is 1. The molecule has 0 amide bonds. The first-order valence-corrected chi connectivity index (χ1v) is 11.3. The van der Waals surface area contributed by atoms with E-state index in [1.165, 1.54) is 0 Å². The quantitative estimate of drug-likeness (QED) is 0.335. The minimum atomic E-state index is -3.90. The minimum absolute atomic E-state index is 0.0457. The molecule has 0 spiro atoms. The van der Waals surface area contributed by atoms with Gasteiger partial charge in [-0.3, -0.25) is 14.2 Å². The first-order chi connectivity index (χ1) is 13.8. The van der Waals surface area contributed by atoms with Crippen LogP contribution in [0.3, 0.4) is 0 Å². The molecule has 1 aromatic carbocycles. The van der Waals surface area contributed by atoms with Crippen molar-refractivity contribution in [1.29, 1.82) is 0 Å². The molecule has 0 unspecified atom stereocenters. The molecule has 2 aromatic rings. The lowest BCUT2D eigenvalue weighted by atomic mass is 10.1. The molecule has 0 saturated carbocycles. The molecular formula is C19H25ClNO7P. The summed E-state index contributed by atoms with van der Waals surface area (Å²) < 4.78 is 34.8. The number of hydrogen-bond acceptors (Lipinski definition) is 7. The number of carbonyl (C=O) groups excluding carboxylic acids is 2. The number of rotatable bonds is 10. The summed E-state index contributed by atoms with van der Waals surface area (Å²) in [5.41, 5.74) is 0.557. The van der Waals surface area contributed by atoms with E-state index in [-0.39, 0.29) is 37.4 Å². The van der Waals surface area contributed by atoms with Gasteiger partial charge in [-0.15, -0.1) is 0 Å². The van der Waals surface area contributed by atoms with Crippen molar-refractivity contribution >= 4 is 47.3 Å². The van der Waals surface area contributed by atoms with Crippen molar-refractivity contribution < 1.29 is 32.7 Å². The Labute approximate surface area is 174 Å². The fraction of sp³-hybridized carbons (Fsp3) is 0.474. The predicted molar refractivity (Wildman–Crippen MR) is 110 cm³/mol. The monoisotopic (exact) mass is 445 g/mol. The molecule has 0 aliphatic carbocycles. The first-order valence-electron chi connectivity index (χ1n) is 9.36. The van der Waals surface area contributed by atoms with Crippen molar-refractivity contribution in [3.05, 3.63) is 28.9 Å². The highest BCUT2D eigenvalue weighted by molar-refractivity contribution is 7.63. The number of fused-ring (bicyclic) bond motifs is 1. The van der Waals surface area contributed by atoms with Crippen molar-refractivity contribution in [3.63, 3.8) is 0 Å². The second-order valence-electron chi connectivity index (χ2n) is 5.85. The summed E-state index contributed by atoms with van der Waals surface area (Å²) in [6.45, 7) is 6.88. The van der Waals surface area contributed by atoms with Gasteiger partial charge in [-0.2, -0.15) is 0 Å². The first kappa shape index (κ1) is 23.4. The van der Waals surface area contributed by atoms with Crippen molar-refractivity contribution in [2.45, 2.75) is 33.6 Å². The Morgan fingerprint density at radius 2 is 1.55 bits per heavy atom. The number of carbonyl (C=O) groups is 2. The van der Waals surface area contributed by atoms with Gasteiger partial charge < -0.3 is 23.5 Å². The van der Waals surface area contributed by atoms with Crippen LogP contribution in [0.15, 0.2) is 18.2 Å². The third-order valence-corrected chi connectivity index (χ3v) is 6.43. The Balaban J connectivity index is 2.83. The Morgan fingerprint density at radius 1 is 1.00 bits per heavy atom. The highest BCUT2D eigenvalue weighted by atomic mass is 35.5. The summed E-state index contributed by atoms with van der Waals surface area (Å²) in [6.07, 6.45) is 0. The molecule has 8 nitrogen and oxygen atoms in total. The lowest BCUT2D eigenvalue weighted by Crippen LogP contribution is -2.30. The van der Waals surface area contributed by atoms with E-state index >= 15 is 0 Å². The van der Waals surface area contributed by atoms with Gasteiger partial charge in [0.1, 0.15) is 0 Å². The molecule has 2 rings (SSSR count). The van der Waals surface area contributed by atoms with E-state index in [4.69, 9.17) is 30.1 Å². The van der Waals surface area contributed by atoms with Gasteiger partial charge in [0, 0.05) is 15.9 Å². The number of H-pyrrole nitrogens is 1. The van der Waals surface area contributed by atoms with E-state index in [2.05, 4.69) is 4.98 Å². The lowest BCUT2D eigenvalue weighted by molar-refractivity contribution is -0.157. The molecule has 1 heterocycles. The molecule has 1 N–H and O–H groups in total. The highest BCUT2D eigenvalue weighted by Gasteiger charge is 2.42. The molecule has 0 aliphatic rings. The fourth-order valence-corrected chi connectivity index (χ4v) is 5.11. The zero-order valence-corrected chi connectivity index (χ0v) is 18.5. The van der Waals surface area contributed by atoms with Crippen molar-refractivity contribution in [3.8, 4) is 0 Å². The molecule has 0 saturated heterocycles. The molecule has 0 bridgehead atoms. The van der Waals surface area contributed by atoms with Crippen LogP contribution >= 0.6 is 19.2 Å². The smallest absolute Gasteiger partial charge is 0.363 e. The zero-order chi connectivity index (χ0) is 21.6. The van der Waals surface area contributed by atoms with Gasteiger partial charge in [-0.1, -0.05) is 11.6 Å². The van der Waals surface area contributed by atoms with E-state index in [0.29, 0.717) is 15.9 Å². The summed E-state index contributed by atoms with van der Waals surface area (Å²) in [5, 5.41) is 0.883. The standard InChI is InChI=1S/C19H25ClNO7P/c1-5-25-18(22)15(19(23)26-6-2)16-17(29(24,27-7-3)28-8-4)13-11-12(20)9-10-14(13)21-16/h9-11,15,21H,5-8H2,1-4H3. The van der Waals surface area contributed by atoms with Crippen molar-refractivity contribution in [2.24, 2.45) is 0 Å². The van der Waals surface area contributed by atoms with Gasteiger partial charge in [0.2, 0.25) is 0 Å². The summed E-state index contributed by atoms with van der Waals surface area (Å²) in [5.74, 6) is -3.14. The molecular weight excluding hydrogens is 421 g/mol. The van der Waals surface area contributed by atoms with Crippen LogP contribution in [0.2, 0.25) is 5.02 Å². The molecule has 0 radical (unpaired) electrons. The normalized spacial score (nSPS) is 11.8. The average molecular weight is 446 g/mol. The van der Waals surface area contributed by atoms with Gasteiger partial charge in [0.05, 0.1) is 37.4 Å². The number of ether oxygens (including phenoxy) is 2. The van der Waals surface area contributed by atoms with Gasteiger partial charge in [0.15, 0.2) is 5.92 Å². The SMILES string of the molecule is CCOC(=O)C(C(=O)OCC)c1[nH]c2ccc(Cl)cc2c1P(=O)(OCC)OCC. The predicted octanol–water partition coefficient (Wildman–Crippen LogP) is 3.92. The van der Waals surface area contributed by atoms with Crippen LogP contribution in [0.5, 0.6) is 0 Å². The summed E-state index contributed by atoms with van der Waals surface area (Å²) >= 11 is 6.14. The Bertz CT molecular complexity index is 899. The molecule has 160 valence electrons. The second kappa shape index (κ2) is 10.3. The topological polar surface area (TPSA) is 104 Å². The highest BCUT2D eigenvalue weighted by Crippen LogP contribution is 2.51. The maximum atomic E-state index is 13.7. The molecule has 10 heteroatoms. The minimum Gasteiger partial charge on any atom is -0.465 e. The fourth-order valence-electron chi connectivity index (χ4n) is 2.96. The number of benzene rings is 1. The van der Waals surface area contributed by atoms with E-state index in [1.54, 1.807) is 45.9 Å². The van der Waals surface area contributed by atoms with Crippen LogP contribution in [0.4, 0.5) is 0 Å². The van der Waals surface area contributed by atoms with Crippen LogP contribution in [-0.4, -0.2) is 43.4 Å². The van der Waals surface area contributed by atoms with Gasteiger partial charge in [-0.05, 0) is 45.9 Å². The summed E-state index contributed by atoms with van der Waals surface area (Å²) in [4.78, 5) is 28.3. The number of hydrogen-bond donors (Lipinski definition) is 1. The Morgan fingerprint density at radius 3 is 2.03 bits per heavy atom. The van der Waals surface area contributed by atoms with E-state index < -0.39 is 25.5 Å². The number of esters is 2. The average Bonchev–Trinajstić information content (AvgIpc) is 3.01. The van der Waals surface area contributed by atoms with E-state index in [1.807, 2.05) is 0 Å². The van der Waals surface area contributed by atoms with Crippen LogP contribution in [0.1, 0.15) is 39.3 Å². The van der Waals surface area contributed by atoms with Crippen molar-refractivity contribution in [1.82, 2.24) is 4.98 Å². The Kier molecular flexibility index (Phi) is 8.28. The molecule has 29 heavy (non-hydrogen) atoms. The molecule has 1 aromatic heterocycles. The van der Waals surface area contributed by atoms with Crippen LogP contribution < -0.4 is 5.30 Å². The third-order valence-electron chi connectivity index (χ3n) is 3.97. The third kappa shape index (κ3) is 5.01. The second-order valence-corrected chi connectivity index (χ2v) is 8.24. The summed E-state index contributed by atoms with van der Waals surface area (Å²) in [6, 6.07) is 4.86. The number of nitrogens with one attached hydrogen (secondary N) is 1. The number of halogens is 1. The Hall–Kier alpha value is -1.86.